The molecule has 0 aliphatic heterocycles. The Morgan fingerprint density at radius 1 is 1.45 bits per heavy atom. The minimum Gasteiger partial charge on any atom is -0.477 e. The summed E-state index contributed by atoms with van der Waals surface area (Å²) in [4.78, 5) is 14.9. The third-order valence-corrected chi connectivity index (χ3v) is 2.75. The van der Waals surface area contributed by atoms with Crippen molar-refractivity contribution >= 4 is 21.9 Å². The van der Waals surface area contributed by atoms with E-state index in [1.54, 1.807) is 6.07 Å². The summed E-state index contributed by atoms with van der Waals surface area (Å²) < 4.78 is 19.3. The zero-order valence-corrected chi connectivity index (χ0v) is 11.4. The molecule has 0 amide bonds. The number of aromatic nitrogens is 1. The largest absolute Gasteiger partial charge is 0.477 e. The molecule has 2 rings (SSSR count). The van der Waals surface area contributed by atoms with Crippen LogP contribution in [-0.4, -0.2) is 16.1 Å². The molecule has 0 saturated carbocycles. The predicted molar refractivity (Wildman–Crippen MR) is 70.1 cm³/mol. The maximum absolute atomic E-state index is 13.7. The molecule has 1 heterocycles. The second kappa shape index (κ2) is 5.67. The Labute approximate surface area is 121 Å². The lowest BCUT2D eigenvalue weighted by Gasteiger charge is -2.08. The molecule has 0 radical (unpaired) electrons. The summed E-state index contributed by atoms with van der Waals surface area (Å²) in [5.41, 5.74) is -0.0693. The minimum atomic E-state index is -1.25. The molecule has 0 spiro atoms. The minimum absolute atomic E-state index is 0.136. The highest BCUT2D eigenvalue weighted by molar-refractivity contribution is 9.10. The number of benzene rings is 1. The Hall–Kier alpha value is -2.46. The van der Waals surface area contributed by atoms with E-state index in [4.69, 9.17) is 15.1 Å². The first-order valence-corrected chi connectivity index (χ1v) is 6.07. The van der Waals surface area contributed by atoms with E-state index in [1.165, 1.54) is 24.4 Å². The Morgan fingerprint density at radius 3 is 2.80 bits per heavy atom. The SMILES string of the molecule is N#Cc1ccc(Oc2ncc(Br)cc2C(=O)O)c(F)c1. The molecule has 0 unspecified atom stereocenters. The van der Waals surface area contributed by atoms with Gasteiger partial charge in [0.1, 0.15) is 5.56 Å². The van der Waals surface area contributed by atoms with Crippen molar-refractivity contribution in [2.24, 2.45) is 0 Å². The normalized spacial score (nSPS) is 9.85. The van der Waals surface area contributed by atoms with Gasteiger partial charge in [0.25, 0.3) is 0 Å². The fourth-order valence-electron chi connectivity index (χ4n) is 1.42. The van der Waals surface area contributed by atoms with E-state index in [0.29, 0.717) is 4.47 Å². The number of carbonyl (C=O) groups is 1. The van der Waals surface area contributed by atoms with Gasteiger partial charge < -0.3 is 9.84 Å². The summed E-state index contributed by atoms with van der Waals surface area (Å²) in [5, 5.41) is 17.7. The van der Waals surface area contributed by atoms with Gasteiger partial charge in [0, 0.05) is 10.7 Å². The van der Waals surface area contributed by atoms with Gasteiger partial charge in [-0.1, -0.05) is 0 Å². The van der Waals surface area contributed by atoms with E-state index in [1.807, 2.05) is 0 Å². The summed E-state index contributed by atoms with van der Waals surface area (Å²) >= 11 is 3.09. The Bertz CT molecular complexity index is 728. The molecule has 20 heavy (non-hydrogen) atoms. The molecule has 1 aromatic heterocycles. The molecule has 0 aliphatic carbocycles. The summed E-state index contributed by atoms with van der Waals surface area (Å²) in [6.07, 6.45) is 1.34. The number of carboxylic acids is 1. The number of hydrogen-bond donors (Lipinski definition) is 1. The van der Waals surface area contributed by atoms with Crippen molar-refractivity contribution in [2.75, 3.05) is 0 Å². The van der Waals surface area contributed by atoms with Gasteiger partial charge in [-0.05, 0) is 40.2 Å². The van der Waals surface area contributed by atoms with Crippen LogP contribution in [0.1, 0.15) is 15.9 Å². The third-order valence-electron chi connectivity index (χ3n) is 2.32. The van der Waals surface area contributed by atoms with Crippen LogP contribution in [-0.2, 0) is 0 Å². The van der Waals surface area contributed by atoms with E-state index < -0.39 is 11.8 Å². The molecule has 0 fully saturated rings. The molecule has 100 valence electrons. The number of carboxylic acid groups (broad SMARTS) is 1. The number of hydrogen-bond acceptors (Lipinski definition) is 4. The highest BCUT2D eigenvalue weighted by Gasteiger charge is 2.16. The fourth-order valence-corrected chi connectivity index (χ4v) is 1.75. The average Bonchev–Trinajstić information content (AvgIpc) is 2.42. The maximum atomic E-state index is 13.7. The van der Waals surface area contributed by atoms with E-state index in [2.05, 4.69) is 20.9 Å². The van der Waals surface area contributed by atoms with Crippen molar-refractivity contribution in [2.45, 2.75) is 0 Å². The topological polar surface area (TPSA) is 83.2 Å². The van der Waals surface area contributed by atoms with Crippen LogP contribution >= 0.6 is 15.9 Å². The highest BCUT2D eigenvalue weighted by atomic mass is 79.9. The molecule has 5 nitrogen and oxygen atoms in total. The van der Waals surface area contributed by atoms with Crippen LogP contribution in [0, 0.1) is 17.1 Å². The number of halogens is 2. The second-order valence-corrected chi connectivity index (χ2v) is 4.59. The van der Waals surface area contributed by atoms with E-state index >= 15 is 0 Å². The van der Waals surface area contributed by atoms with Gasteiger partial charge in [-0.2, -0.15) is 5.26 Å². The van der Waals surface area contributed by atoms with Crippen molar-refractivity contribution in [3.63, 3.8) is 0 Å². The van der Waals surface area contributed by atoms with Gasteiger partial charge >= 0.3 is 5.97 Å². The molecular formula is C13H6BrFN2O3. The van der Waals surface area contributed by atoms with Gasteiger partial charge in [-0.25, -0.2) is 14.2 Å². The number of nitrogens with zero attached hydrogens (tertiary/aromatic N) is 2. The van der Waals surface area contributed by atoms with Crippen molar-refractivity contribution in [1.82, 2.24) is 4.98 Å². The van der Waals surface area contributed by atoms with Crippen LogP contribution in [0.15, 0.2) is 34.9 Å². The number of aromatic carboxylic acids is 1. The van der Waals surface area contributed by atoms with E-state index in [-0.39, 0.29) is 22.8 Å². The van der Waals surface area contributed by atoms with E-state index in [0.717, 1.165) is 6.07 Å². The molecular weight excluding hydrogens is 331 g/mol. The first-order valence-electron chi connectivity index (χ1n) is 5.27. The van der Waals surface area contributed by atoms with Crippen molar-refractivity contribution in [3.05, 3.63) is 51.9 Å². The van der Waals surface area contributed by atoms with Gasteiger partial charge in [-0.15, -0.1) is 0 Å². The lowest BCUT2D eigenvalue weighted by atomic mass is 10.2. The standard InChI is InChI=1S/C13H6BrFN2O3/c14-8-4-9(13(18)19)12(17-6-8)20-11-2-1-7(5-16)3-10(11)15/h1-4,6H,(H,18,19). The van der Waals surface area contributed by atoms with Crippen molar-refractivity contribution < 1.29 is 19.0 Å². The van der Waals surface area contributed by atoms with Crippen LogP contribution in [0.5, 0.6) is 11.6 Å². The smallest absolute Gasteiger partial charge is 0.341 e. The Morgan fingerprint density at radius 2 is 2.20 bits per heavy atom. The van der Waals surface area contributed by atoms with Crippen LogP contribution in [0.3, 0.4) is 0 Å². The number of ether oxygens (including phenoxy) is 1. The summed E-state index contributed by atoms with van der Waals surface area (Å²) in [6.45, 7) is 0. The predicted octanol–water partition coefficient (Wildman–Crippen LogP) is 3.35. The molecule has 1 N–H and O–H groups in total. The van der Waals surface area contributed by atoms with Gasteiger partial charge in [0.15, 0.2) is 11.6 Å². The third kappa shape index (κ3) is 2.92. The highest BCUT2D eigenvalue weighted by Crippen LogP contribution is 2.27. The summed E-state index contributed by atoms with van der Waals surface area (Å²) in [5.74, 6) is -2.46. The Kier molecular flexibility index (Phi) is 3.96. The second-order valence-electron chi connectivity index (χ2n) is 3.67. The van der Waals surface area contributed by atoms with Gasteiger partial charge in [0.05, 0.1) is 11.6 Å². The molecule has 0 saturated heterocycles. The van der Waals surface area contributed by atoms with Gasteiger partial charge in [-0.3, -0.25) is 0 Å². The quantitative estimate of drug-likeness (QED) is 0.929. The Balaban J connectivity index is 2.40. The fraction of sp³-hybridized carbons (Fsp3) is 0. The summed E-state index contributed by atoms with van der Waals surface area (Å²) in [6, 6.07) is 6.68. The zero-order valence-electron chi connectivity index (χ0n) is 9.80. The van der Waals surface area contributed by atoms with E-state index in [9.17, 15) is 9.18 Å². The lowest BCUT2D eigenvalue weighted by Crippen LogP contribution is -2.02. The molecule has 0 bridgehead atoms. The number of pyridine rings is 1. The average molecular weight is 337 g/mol. The van der Waals surface area contributed by atoms with Crippen LogP contribution in [0.25, 0.3) is 0 Å². The zero-order chi connectivity index (χ0) is 14.7. The number of nitriles is 1. The van der Waals surface area contributed by atoms with Crippen LogP contribution in [0.2, 0.25) is 0 Å². The van der Waals surface area contributed by atoms with Crippen molar-refractivity contribution in [1.29, 1.82) is 5.26 Å². The maximum Gasteiger partial charge on any atom is 0.341 e. The molecule has 7 heteroatoms. The monoisotopic (exact) mass is 336 g/mol. The van der Waals surface area contributed by atoms with Crippen LogP contribution < -0.4 is 4.74 Å². The first-order chi connectivity index (χ1) is 9.51. The van der Waals surface area contributed by atoms with Gasteiger partial charge in [0.2, 0.25) is 5.88 Å². The summed E-state index contributed by atoms with van der Waals surface area (Å²) in [7, 11) is 0. The lowest BCUT2D eigenvalue weighted by molar-refractivity contribution is 0.0693. The van der Waals surface area contributed by atoms with Crippen LogP contribution in [0.4, 0.5) is 4.39 Å². The number of rotatable bonds is 3. The van der Waals surface area contributed by atoms with Crippen molar-refractivity contribution in [3.8, 4) is 17.7 Å². The molecule has 1 aromatic carbocycles. The molecule has 0 atom stereocenters. The molecule has 0 aliphatic rings. The molecule has 2 aromatic rings. The first kappa shape index (κ1) is 14.0.